The maximum Gasteiger partial charge on any atom is 0.257 e. The predicted octanol–water partition coefficient (Wildman–Crippen LogP) is 4.68. The number of anilines is 1. The van der Waals surface area contributed by atoms with E-state index in [4.69, 9.17) is 9.47 Å². The van der Waals surface area contributed by atoms with Crippen LogP contribution in [0.3, 0.4) is 0 Å². The molecule has 1 fully saturated rings. The van der Waals surface area contributed by atoms with E-state index in [0.717, 1.165) is 30.0 Å². The van der Waals surface area contributed by atoms with E-state index in [-0.39, 0.29) is 12.0 Å². The van der Waals surface area contributed by atoms with Crippen molar-refractivity contribution in [2.75, 3.05) is 18.5 Å². The molecule has 3 heterocycles. The Morgan fingerprint density at radius 2 is 2.27 bits per heavy atom. The number of rotatable bonds is 6. The molecule has 0 radical (unpaired) electrons. The summed E-state index contributed by atoms with van der Waals surface area (Å²) in [6, 6.07) is 11.2. The van der Waals surface area contributed by atoms with E-state index < -0.39 is 0 Å². The Morgan fingerprint density at radius 1 is 1.31 bits per heavy atom. The van der Waals surface area contributed by atoms with E-state index in [1.165, 1.54) is 11.3 Å². The fourth-order valence-corrected chi connectivity index (χ4v) is 4.20. The standard InChI is InChI=1S/C19H18N2O3S2/c22-18(21-19-20-16(12-26-19)17-7-3-9-25-17)13-4-1-5-14(10-13)24-11-15-6-2-8-23-15/h1,3-5,7,9-10,12,15H,2,6,8,11H2,(H,20,21,22). The van der Waals surface area contributed by atoms with Gasteiger partial charge in [0.05, 0.1) is 16.7 Å². The van der Waals surface area contributed by atoms with Crippen molar-refractivity contribution >= 4 is 33.7 Å². The minimum absolute atomic E-state index is 0.151. The Morgan fingerprint density at radius 3 is 3.08 bits per heavy atom. The lowest BCUT2D eigenvalue weighted by Crippen LogP contribution is -2.16. The lowest BCUT2D eigenvalue weighted by Gasteiger charge is -2.12. The number of hydrogen-bond donors (Lipinski definition) is 1. The van der Waals surface area contributed by atoms with Crippen LogP contribution < -0.4 is 10.1 Å². The molecule has 5 nitrogen and oxygen atoms in total. The van der Waals surface area contributed by atoms with E-state index in [1.54, 1.807) is 23.5 Å². The van der Waals surface area contributed by atoms with Crippen LogP contribution in [-0.4, -0.2) is 30.2 Å². The molecule has 2 aromatic heterocycles. The first-order valence-corrected chi connectivity index (χ1v) is 10.2. The largest absolute Gasteiger partial charge is 0.491 e. The van der Waals surface area contributed by atoms with E-state index in [9.17, 15) is 4.79 Å². The Balaban J connectivity index is 1.39. The Bertz CT molecular complexity index is 871. The fourth-order valence-electron chi connectivity index (χ4n) is 2.73. The van der Waals surface area contributed by atoms with Crippen molar-refractivity contribution in [1.82, 2.24) is 4.98 Å². The second kappa shape index (κ2) is 7.99. The number of nitrogens with one attached hydrogen (secondary N) is 1. The number of thiazole rings is 1. The molecule has 1 unspecified atom stereocenters. The van der Waals surface area contributed by atoms with Crippen molar-refractivity contribution in [3.8, 4) is 16.3 Å². The monoisotopic (exact) mass is 386 g/mol. The molecule has 1 atom stereocenters. The first-order chi connectivity index (χ1) is 12.8. The van der Waals surface area contributed by atoms with Crippen LogP contribution in [0.1, 0.15) is 23.2 Å². The summed E-state index contributed by atoms with van der Waals surface area (Å²) in [7, 11) is 0. The molecule has 1 saturated heterocycles. The Kier molecular flexibility index (Phi) is 5.29. The van der Waals surface area contributed by atoms with Gasteiger partial charge in [-0.2, -0.15) is 0 Å². The van der Waals surface area contributed by atoms with Crippen LogP contribution in [0.25, 0.3) is 10.6 Å². The van der Waals surface area contributed by atoms with Crippen molar-refractivity contribution in [1.29, 1.82) is 0 Å². The van der Waals surface area contributed by atoms with Crippen molar-refractivity contribution in [2.45, 2.75) is 18.9 Å². The molecule has 26 heavy (non-hydrogen) atoms. The number of benzene rings is 1. The first kappa shape index (κ1) is 17.2. The molecule has 0 aliphatic carbocycles. The number of carbonyl (C=O) groups excluding carboxylic acids is 1. The number of thiophene rings is 1. The lowest BCUT2D eigenvalue weighted by molar-refractivity contribution is 0.0679. The van der Waals surface area contributed by atoms with Crippen molar-refractivity contribution in [3.63, 3.8) is 0 Å². The normalized spacial score (nSPS) is 16.5. The number of aromatic nitrogens is 1. The highest BCUT2D eigenvalue weighted by molar-refractivity contribution is 7.16. The van der Waals surface area contributed by atoms with Gasteiger partial charge in [-0.3, -0.25) is 10.1 Å². The van der Waals surface area contributed by atoms with Crippen molar-refractivity contribution in [2.24, 2.45) is 0 Å². The van der Waals surface area contributed by atoms with Gasteiger partial charge in [0, 0.05) is 17.6 Å². The molecule has 134 valence electrons. The van der Waals surface area contributed by atoms with Crippen molar-refractivity contribution in [3.05, 3.63) is 52.7 Å². The molecule has 0 bridgehead atoms. The highest BCUT2D eigenvalue weighted by atomic mass is 32.1. The van der Waals surface area contributed by atoms with Crippen LogP contribution in [0.4, 0.5) is 5.13 Å². The third-order valence-corrected chi connectivity index (χ3v) is 5.70. The molecule has 1 N–H and O–H groups in total. The smallest absolute Gasteiger partial charge is 0.257 e. The van der Waals surface area contributed by atoms with Crippen LogP contribution >= 0.6 is 22.7 Å². The second-order valence-corrected chi connectivity index (χ2v) is 7.75. The summed E-state index contributed by atoms with van der Waals surface area (Å²) in [6.07, 6.45) is 2.26. The van der Waals surface area contributed by atoms with E-state index in [2.05, 4.69) is 10.3 Å². The molecule has 1 aliphatic rings. The van der Waals surface area contributed by atoms with Gasteiger partial charge in [-0.25, -0.2) is 4.98 Å². The molecule has 1 aliphatic heterocycles. The number of ether oxygens (including phenoxy) is 2. The minimum atomic E-state index is -0.195. The van der Waals surface area contributed by atoms with Crippen molar-refractivity contribution < 1.29 is 14.3 Å². The van der Waals surface area contributed by atoms with Crippen LogP contribution in [-0.2, 0) is 4.74 Å². The molecule has 7 heteroatoms. The SMILES string of the molecule is O=C(Nc1nc(-c2cccs2)cs1)c1cccc(OCC2CCCO2)c1. The zero-order valence-corrected chi connectivity index (χ0v) is 15.6. The predicted molar refractivity (Wildman–Crippen MR) is 104 cm³/mol. The maximum atomic E-state index is 12.5. The van der Waals surface area contributed by atoms with E-state index in [1.807, 2.05) is 35.0 Å². The Hall–Kier alpha value is -2.22. The maximum absolute atomic E-state index is 12.5. The fraction of sp³-hybridized carbons (Fsp3) is 0.263. The van der Waals surface area contributed by atoms with Gasteiger partial charge in [0.2, 0.25) is 0 Å². The molecule has 1 amide bonds. The highest BCUT2D eigenvalue weighted by Crippen LogP contribution is 2.28. The second-order valence-electron chi connectivity index (χ2n) is 5.94. The summed E-state index contributed by atoms with van der Waals surface area (Å²) in [5, 5.41) is 7.40. The summed E-state index contributed by atoms with van der Waals surface area (Å²) in [6.45, 7) is 1.32. The average Bonchev–Trinajstić information content (AvgIpc) is 3.41. The Labute approximate surface area is 159 Å². The first-order valence-electron chi connectivity index (χ1n) is 8.43. The van der Waals surface area contributed by atoms with Crippen LogP contribution in [0.15, 0.2) is 47.2 Å². The molecule has 0 saturated carbocycles. The van der Waals surface area contributed by atoms with Gasteiger partial charge in [-0.05, 0) is 42.5 Å². The average molecular weight is 386 g/mol. The molecule has 0 spiro atoms. The summed E-state index contributed by atoms with van der Waals surface area (Å²) in [4.78, 5) is 18.1. The van der Waals surface area contributed by atoms with Gasteiger partial charge in [0.25, 0.3) is 5.91 Å². The molecular weight excluding hydrogens is 368 g/mol. The third kappa shape index (κ3) is 4.12. The van der Waals surface area contributed by atoms with Crippen LogP contribution in [0.2, 0.25) is 0 Å². The zero-order chi connectivity index (χ0) is 17.8. The number of amides is 1. The van der Waals surface area contributed by atoms with Gasteiger partial charge < -0.3 is 9.47 Å². The van der Waals surface area contributed by atoms with Gasteiger partial charge in [-0.1, -0.05) is 12.1 Å². The van der Waals surface area contributed by atoms with Gasteiger partial charge >= 0.3 is 0 Å². The van der Waals surface area contributed by atoms with Gasteiger partial charge in [-0.15, -0.1) is 22.7 Å². The molecule has 3 aromatic rings. The summed E-state index contributed by atoms with van der Waals surface area (Å²) in [5.41, 5.74) is 1.43. The summed E-state index contributed by atoms with van der Waals surface area (Å²) < 4.78 is 11.3. The number of hydrogen-bond acceptors (Lipinski definition) is 6. The van der Waals surface area contributed by atoms with Crippen LogP contribution in [0.5, 0.6) is 5.75 Å². The van der Waals surface area contributed by atoms with E-state index >= 15 is 0 Å². The number of nitrogens with zero attached hydrogens (tertiary/aromatic N) is 1. The number of carbonyl (C=O) groups is 1. The molecular formula is C19H18N2O3S2. The zero-order valence-electron chi connectivity index (χ0n) is 14.0. The topological polar surface area (TPSA) is 60.5 Å². The minimum Gasteiger partial charge on any atom is -0.491 e. The van der Waals surface area contributed by atoms with E-state index in [0.29, 0.717) is 23.1 Å². The van der Waals surface area contributed by atoms with Gasteiger partial charge in [0.15, 0.2) is 5.13 Å². The highest BCUT2D eigenvalue weighted by Gasteiger charge is 2.16. The lowest BCUT2D eigenvalue weighted by atomic mass is 10.2. The van der Waals surface area contributed by atoms with Crippen LogP contribution in [0, 0.1) is 0 Å². The third-order valence-electron chi connectivity index (χ3n) is 4.05. The summed E-state index contributed by atoms with van der Waals surface area (Å²) in [5.74, 6) is 0.478. The van der Waals surface area contributed by atoms with Gasteiger partial charge in [0.1, 0.15) is 12.4 Å². The quantitative estimate of drug-likeness (QED) is 0.668. The summed E-state index contributed by atoms with van der Waals surface area (Å²) >= 11 is 3.04. The molecule has 1 aromatic carbocycles. The molecule has 4 rings (SSSR count).